The van der Waals surface area contributed by atoms with E-state index in [4.69, 9.17) is 19.3 Å². The Hall–Kier alpha value is -3.84. The smallest absolute Gasteiger partial charge is 0.335 e. The third kappa shape index (κ3) is 5.90. The topological polar surface area (TPSA) is 80.6 Å². The van der Waals surface area contributed by atoms with Crippen LogP contribution in [0, 0.1) is 0 Å². The Kier molecular flexibility index (Phi) is 7.22. The second-order valence-corrected chi connectivity index (χ2v) is 7.58. The van der Waals surface area contributed by atoms with E-state index in [1.807, 2.05) is 30.3 Å². The Morgan fingerprint density at radius 3 is 2.42 bits per heavy atom. The van der Waals surface area contributed by atoms with Gasteiger partial charge in [0.1, 0.15) is 6.61 Å². The average molecular weight is 447 g/mol. The van der Waals surface area contributed by atoms with Crippen LogP contribution >= 0.6 is 0 Å². The van der Waals surface area contributed by atoms with Crippen molar-refractivity contribution in [2.75, 3.05) is 38.3 Å². The molecule has 0 atom stereocenters. The number of carboxylic acids is 1. The maximum Gasteiger partial charge on any atom is 0.335 e. The van der Waals surface area contributed by atoms with Crippen molar-refractivity contribution in [2.24, 2.45) is 4.99 Å². The fraction of sp³-hybridized carbons (Fsp3) is 0.231. The predicted molar refractivity (Wildman–Crippen MR) is 127 cm³/mol. The third-order valence-electron chi connectivity index (χ3n) is 5.37. The van der Waals surface area contributed by atoms with Gasteiger partial charge in [-0.25, -0.2) is 4.79 Å². The van der Waals surface area contributed by atoms with Crippen molar-refractivity contribution in [1.82, 2.24) is 0 Å². The zero-order valence-corrected chi connectivity index (χ0v) is 18.4. The van der Waals surface area contributed by atoms with Crippen molar-refractivity contribution in [3.63, 3.8) is 0 Å². The molecule has 1 fully saturated rings. The maximum atomic E-state index is 11.0. The lowest BCUT2D eigenvalue weighted by Crippen LogP contribution is -2.36. The number of benzene rings is 3. The minimum Gasteiger partial charge on any atom is -0.493 e. The second-order valence-electron chi connectivity index (χ2n) is 7.58. The van der Waals surface area contributed by atoms with Gasteiger partial charge in [0, 0.05) is 25.0 Å². The molecule has 7 nitrogen and oxygen atoms in total. The number of hydrogen-bond donors (Lipinski definition) is 1. The maximum absolute atomic E-state index is 11.0. The lowest BCUT2D eigenvalue weighted by atomic mass is 10.1. The van der Waals surface area contributed by atoms with Crippen LogP contribution in [0.15, 0.2) is 71.7 Å². The molecule has 0 aromatic heterocycles. The van der Waals surface area contributed by atoms with Gasteiger partial charge in [-0.1, -0.05) is 12.1 Å². The number of methoxy groups -OCH3 is 1. The molecule has 4 rings (SSSR count). The lowest BCUT2D eigenvalue weighted by Gasteiger charge is -2.28. The van der Waals surface area contributed by atoms with E-state index in [1.165, 1.54) is 5.69 Å². The summed E-state index contributed by atoms with van der Waals surface area (Å²) in [4.78, 5) is 17.8. The third-order valence-corrected chi connectivity index (χ3v) is 5.37. The van der Waals surface area contributed by atoms with Crippen LogP contribution in [0.5, 0.6) is 11.5 Å². The van der Waals surface area contributed by atoms with E-state index in [2.05, 4.69) is 22.0 Å². The molecule has 0 bridgehead atoms. The molecule has 170 valence electrons. The van der Waals surface area contributed by atoms with Crippen LogP contribution in [0.3, 0.4) is 0 Å². The number of carboxylic acid groups (broad SMARTS) is 1. The van der Waals surface area contributed by atoms with Gasteiger partial charge in [0.05, 0.1) is 31.6 Å². The first-order valence-electron chi connectivity index (χ1n) is 10.7. The van der Waals surface area contributed by atoms with Crippen LogP contribution in [0.25, 0.3) is 0 Å². The van der Waals surface area contributed by atoms with Gasteiger partial charge in [-0.2, -0.15) is 0 Å². The summed E-state index contributed by atoms with van der Waals surface area (Å²) in [6, 6.07) is 20.4. The molecule has 3 aromatic carbocycles. The molecule has 1 saturated heterocycles. The van der Waals surface area contributed by atoms with Gasteiger partial charge < -0.3 is 24.2 Å². The molecule has 1 aliphatic heterocycles. The number of anilines is 1. The Labute approximate surface area is 192 Å². The van der Waals surface area contributed by atoms with E-state index in [0.29, 0.717) is 18.1 Å². The predicted octanol–water partition coefficient (Wildman–Crippen LogP) is 4.56. The fourth-order valence-corrected chi connectivity index (χ4v) is 3.51. The van der Waals surface area contributed by atoms with Crippen LogP contribution < -0.4 is 14.4 Å². The van der Waals surface area contributed by atoms with Crippen LogP contribution in [0.1, 0.15) is 21.5 Å². The highest BCUT2D eigenvalue weighted by atomic mass is 16.5. The zero-order valence-electron chi connectivity index (χ0n) is 18.4. The van der Waals surface area contributed by atoms with E-state index in [1.54, 1.807) is 37.6 Å². The van der Waals surface area contributed by atoms with E-state index in [0.717, 1.165) is 43.1 Å². The zero-order chi connectivity index (χ0) is 23.0. The van der Waals surface area contributed by atoms with Crippen molar-refractivity contribution in [1.29, 1.82) is 0 Å². The number of rotatable bonds is 8. The minimum atomic E-state index is -0.950. The van der Waals surface area contributed by atoms with Crippen molar-refractivity contribution >= 4 is 23.6 Å². The number of nitrogens with zero attached hydrogens (tertiary/aromatic N) is 2. The standard InChI is InChI=1S/C26H26N2O5/c1-31-25-16-20(4-11-24(25)33-18-19-2-5-21(6-3-19)26(29)30)17-27-22-7-9-23(10-8-22)28-12-14-32-15-13-28/h2-11,16-17H,12-15,18H2,1H3,(H,29,30). The number of hydrogen-bond acceptors (Lipinski definition) is 6. The Balaban J connectivity index is 1.38. The van der Waals surface area contributed by atoms with E-state index in [-0.39, 0.29) is 5.56 Å². The normalized spacial score (nSPS) is 13.8. The quantitative estimate of drug-likeness (QED) is 0.511. The molecule has 0 aliphatic carbocycles. The van der Waals surface area contributed by atoms with E-state index >= 15 is 0 Å². The van der Waals surface area contributed by atoms with Crippen LogP contribution in [0.2, 0.25) is 0 Å². The summed E-state index contributed by atoms with van der Waals surface area (Å²) in [7, 11) is 1.59. The monoisotopic (exact) mass is 446 g/mol. The number of aliphatic imine (C=N–C) groups is 1. The summed E-state index contributed by atoms with van der Waals surface area (Å²) < 4.78 is 16.8. The minimum absolute atomic E-state index is 0.246. The molecule has 1 aliphatic rings. The highest BCUT2D eigenvalue weighted by Gasteiger charge is 2.11. The van der Waals surface area contributed by atoms with Crippen LogP contribution in [0.4, 0.5) is 11.4 Å². The summed E-state index contributed by atoms with van der Waals surface area (Å²) in [5.74, 6) is 0.255. The summed E-state index contributed by atoms with van der Waals surface area (Å²) in [5, 5.41) is 9.00. The van der Waals surface area contributed by atoms with E-state index < -0.39 is 5.97 Å². The van der Waals surface area contributed by atoms with Gasteiger partial charge in [-0.3, -0.25) is 4.99 Å². The molecule has 7 heteroatoms. The highest BCUT2D eigenvalue weighted by Crippen LogP contribution is 2.29. The first kappa shape index (κ1) is 22.4. The van der Waals surface area contributed by atoms with Gasteiger partial charge in [-0.05, 0) is 65.7 Å². The molecule has 0 amide bonds. The van der Waals surface area contributed by atoms with Gasteiger partial charge in [0.2, 0.25) is 0 Å². The summed E-state index contributed by atoms with van der Waals surface area (Å²) in [6.45, 7) is 3.64. The SMILES string of the molecule is COc1cc(C=Nc2ccc(N3CCOCC3)cc2)ccc1OCc1ccc(C(=O)O)cc1. The van der Waals surface area contributed by atoms with Gasteiger partial charge >= 0.3 is 5.97 Å². The van der Waals surface area contributed by atoms with Crippen molar-refractivity contribution in [3.8, 4) is 11.5 Å². The molecule has 33 heavy (non-hydrogen) atoms. The molecule has 0 saturated carbocycles. The first-order valence-corrected chi connectivity index (χ1v) is 10.7. The van der Waals surface area contributed by atoms with Crippen molar-refractivity contribution in [3.05, 3.63) is 83.4 Å². The number of ether oxygens (including phenoxy) is 3. The van der Waals surface area contributed by atoms with Crippen molar-refractivity contribution < 1.29 is 24.1 Å². The molecule has 0 radical (unpaired) electrons. The highest BCUT2D eigenvalue weighted by molar-refractivity contribution is 5.87. The molecule has 0 unspecified atom stereocenters. The molecular formula is C26H26N2O5. The number of aromatic carboxylic acids is 1. The summed E-state index contributed by atoms with van der Waals surface area (Å²) in [5.41, 5.74) is 4.06. The average Bonchev–Trinajstić information content (AvgIpc) is 2.87. The molecule has 3 aromatic rings. The Morgan fingerprint density at radius 2 is 1.76 bits per heavy atom. The Bertz CT molecular complexity index is 1100. The van der Waals surface area contributed by atoms with Crippen LogP contribution in [-0.2, 0) is 11.3 Å². The first-order chi connectivity index (χ1) is 16.1. The van der Waals surface area contributed by atoms with Gasteiger partial charge in [0.15, 0.2) is 11.5 Å². The van der Waals surface area contributed by atoms with Crippen molar-refractivity contribution in [2.45, 2.75) is 6.61 Å². The Morgan fingerprint density at radius 1 is 1.03 bits per heavy atom. The van der Waals surface area contributed by atoms with Gasteiger partial charge in [0.25, 0.3) is 0 Å². The molecule has 1 N–H and O–H groups in total. The molecule has 1 heterocycles. The molecule has 0 spiro atoms. The number of carbonyl (C=O) groups is 1. The van der Waals surface area contributed by atoms with E-state index in [9.17, 15) is 4.79 Å². The lowest BCUT2D eigenvalue weighted by molar-refractivity contribution is 0.0697. The molecular weight excluding hydrogens is 420 g/mol. The van der Waals surface area contributed by atoms with Gasteiger partial charge in [-0.15, -0.1) is 0 Å². The fourth-order valence-electron chi connectivity index (χ4n) is 3.51. The number of morpholine rings is 1. The summed E-state index contributed by atoms with van der Waals surface area (Å²) >= 11 is 0. The van der Waals surface area contributed by atoms with Crippen LogP contribution in [-0.4, -0.2) is 50.7 Å². The summed E-state index contributed by atoms with van der Waals surface area (Å²) in [6.07, 6.45) is 1.79. The second kappa shape index (κ2) is 10.7. The largest absolute Gasteiger partial charge is 0.493 e.